The molecule has 0 atom stereocenters. The third-order valence-corrected chi connectivity index (χ3v) is 1.73. The maximum absolute atomic E-state index is 10.6. The van der Waals surface area contributed by atoms with Crippen LogP contribution in [-0.2, 0) is 0 Å². The second kappa shape index (κ2) is 5.27. The van der Waals surface area contributed by atoms with Gasteiger partial charge in [0, 0.05) is 5.56 Å². The van der Waals surface area contributed by atoms with E-state index in [0.717, 1.165) is 0 Å². The first-order valence-electron chi connectivity index (χ1n) is 3.53. The van der Waals surface area contributed by atoms with E-state index in [1.54, 1.807) is 25.1 Å². The molecular formula is C9H11NaO3. The molecule has 1 aromatic carbocycles. The number of methoxy groups -OCH3 is 1. The van der Waals surface area contributed by atoms with Gasteiger partial charge in [0.25, 0.3) is 0 Å². The average molecular weight is 190 g/mol. The molecular weight excluding hydrogens is 179 g/mol. The van der Waals surface area contributed by atoms with Gasteiger partial charge in [0.05, 0.1) is 12.7 Å². The van der Waals surface area contributed by atoms with Gasteiger partial charge in [-0.25, -0.2) is 4.79 Å². The molecule has 0 fully saturated rings. The SMILES string of the molecule is COc1cccc(C(=O)O)c1C.[NaH]. The molecule has 0 radical (unpaired) electrons. The first-order chi connectivity index (χ1) is 5.66. The summed E-state index contributed by atoms with van der Waals surface area (Å²) in [4.78, 5) is 10.6. The average Bonchev–Trinajstić information content (AvgIpc) is 2.04. The summed E-state index contributed by atoms with van der Waals surface area (Å²) in [5.41, 5.74) is 0.946. The zero-order chi connectivity index (χ0) is 9.14. The van der Waals surface area contributed by atoms with Gasteiger partial charge in [-0.3, -0.25) is 0 Å². The molecule has 66 valence electrons. The zero-order valence-electron chi connectivity index (χ0n) is 7.00. The van der Waals surface area contributed by atoms with E-state index in [1.165, 1.54) is 7.11 Å². The molecule has 1 N–H and O–H groups in total. The summed E-state index contributed by atoms with van der Waals surface area (Å²) >= 11 is 0. The van der Waals surface area contributed by atoms with Crippen LogP contribution in [0.3, 0.4) is 0 Å². The second-order valence-corrected chi connectivity index (χ2v) is 2.44. The number of carbonyl (C=O) groups is 1. The van der Waals surface area contributed by atoms with Crippen LogP contribution in [0.25, 0.3) is 0 Å². The van der Waals surface area contributed by atoms with Crippen LogP contribution in [0.5, 0.6) is 5.75 Å². The zero-order valence-corrected chi connectivity index (χ0v) is 7.00. The van der Waals surface area contributed by atoms with Gasteiger partial charge in [-0.1, -0.05) is 6.07 Å². The Bertz CT molecular complexity index is 310. The molecule has 0 saturated heterocycles. The summed E-state index contributed by atoms with van der Waals surface area (Å²) in [5.74, 6) is -0.318. The molecule has 1 aromatic rings. The van der Waals surface area contributed by atoms with E-state index in [2.05, 4.69) is 0 Å². The Morgan fingerprint density at radius 3 is 2.54 bits per heavy atom. The molecule has 0 heterocycles. The van der Waals surface area contributed by atoms with Crippen molar-refractivity contribution < 1.29 is 14.6 Å². The topological polar surface area (TPSA) is 46.5 Å². The van der Waals surface area contributed by atoms with Gasteiger partial charge in [-0.05, 0) is 19.1 Å². The summed E-state index contributed by atoms with van der Waals surface area (Å²) < 4.78 is 4.97. The molecule has 0 aliphatic rings. The van der Waals surface area contributed by atoms with E-state index in [0.29, 0.717) is 11.3 Å². The molecule has 4 heteroatoms. The van der Waals surface area contributed by atoms with Gasteiger partial charge in [-0.15, -0.1) is 0 Å². The van der Waals surface area contributed by atoms with Gasteiger partial charge in [-0.2, -0.15) is 0 Å². The molecule has 0 spiro atoms. The third-order valence-electron chi connectivity index (χ3n) is 1.73. The number of hydrogen-bond donors (Lipinski definition) is 1. The monoisotopic (exact) mass is 190 g/mol. The minimum absolute atomic E-state index is 0. The van der Waals surface area contributed by atoms with Crippen molar-refractivity contribution in [3.63, 3.8) is 0 Å². The molecule has 0 amide bonds. The Hall–Kier alpha value is -0.510. The molecule has 0 aliphatic carbocycles. The van der Waals surface area contributed by atoms with Crippen LogP contribution in [-0.4, -0.2) is 47.7 Å². The number of aromatic carboxylic acids is 1. The molecule has 0 unspecified atom stereocenters. The Morgan fingerprint density at radius 2 is 2.08 bits per heavy atom. The fourth-order valence-electron chi connectivity index (χ4n) is 1.07. The van der Waals surface area contributed by atoms with Crippen molar-refractivity contribution in [1.29, 1.82) is 0 Å². The summed E-state index contributed by atoms with van der Waals surface area (Å²) in [6.45, 7) is 1.72. The van der Waals surface area contributed by atoms with Crippen LogP contribution in [0.4, 0.5) is 0 Å². The molecule has 13 heavy (non-hydrogen) atoms. The van der Waals surface area contributed by atoms with E-state index < -0.39 is 5.97 Å². The number of carboxylic acid groups (broad SMARTS) is 1. The van der Waals surface area contributed by atoms with Gasteiger partial charge < -0.3 is 9.84 Å². The van der Waals surface area contributed by atoms with Crippen molar-refractivity contribution in [3.8, 4) is 5.75 Å². The standard InChI is InChI=1S/C9H10O3.Na.H/c1-6-7(9(10)11)4-3-5-8(6)12-2;;/h3-5H,1-2H3,(H,10,11);;. The van der Waals surface area contributed by atoms with Crippen LogP contribution in [0, 0.1) is 6.92 Å². The third kappa shape index (κ3) is 2.72. The van der Waals surface area contributed by atoms with Gasteiger partial charge >= 0.3 is 35.5 Å². The number of rotatable bonds is 2. The molecule has 0 aliphatic heterocycles. The first kappa shape index (κ1) is 12.5. The van der Waals surface area contributed by atoms with Crippen LogP contribution < -0.4 is 4.74 Å². The van der Waals surface area contributed by atoms with E-state index in [-0.39, 0.29) is 35.1 Å². The van der Waals surface area contributed by atoms with Crippen LogP contribution >= 0.6 is 0 Å². The van der Waals surface area contributed by atoms with Crippen molar-refractivity contribution >= 4 is 35.5 Å². The summed E-state index contributed by atoms with van der Waals surface area (Å²) in [5, 5.41) is 8.73. The predicted octanol–water partition coefficient (Wildman–Crippen LogP) is 1.05. The first-order valence-corrected chi connectivity index (χ1v) is 3.53. The van der Waals surface area contributed by atoms with Crippen LogP contribution in [0.1, 0.15) is 15.9 Å². The van der Waals surface area contributed by atoms with E-state index in [1.807, 2.05) is 0 Å². The van der Waals surface area contributed by atoms with Crippen molar-refractivity contribution in [2.45, 2.75) is 6.92 Å². The fourth-order valence-corrected chi connectivity index (χ4v) is 1.07. The number of carboxylic acids is 1. The Balaban J connectivity index is 0.00000144. The molecule has 1 rings (SSSR count). The predicted molar refractivity (Wildman–Crippen MR) is 51.8 cm³/mol. The Labute approximate surface area is 99.0 Å². The molecule has 0 aromatic heterocycles. The van der Waals surface area contributed by atoms with E-state index in [9.17, 15) is 4.79 Å². The fraction of sp³-hybridized carbons (Fsp3) is 0.222. The number of benzene rings is 1. The van der Waals surface area contributed by atoms with Gasteiger partial charge in [0.1, 0.15) is 5.75 Å². The van der Waals surface area contributed by atoms with E-state index in [4.69, 9.17) is 9.84 Å². The second-order valence-electron chi connectivity index (χ2n) is 2.44. The van der Waals surface area contributed by atoms with Crippen LogP contribution in [0.2, 0.25) is 0 Å². The molecule has 0 bridgehead atoms. The quantitative estimate of drug-likeness (QED) is 0.709. The minimum atomic E-state index is -0.925. The molecule has 0 saturated carbocycles. The molecule has 3 nitrogen and oxygen atoms in total. The maximum atomic E-state index is 10.6. The van der Waals surface area contributed by atoms with Crippen molar-refractivity contribution in [1.82, 2.24) is 0 Å². The summed E-state index contributed by atoms with van der Waals surface area (Å²) in [7, 11) is 1.52. The van der Waals surface area contributed by atoms with Crippen LogP contribution in [0.15, 0.2) is 18.2 Å². The summed E-state index contributed by atoms with van der Waals surface area (Å²) in [6.07, 6.45) is 0. The number of ether oxygens (including phenoxy) is 1. The summed E-state index contributed by atoms with van der Waals surface area (Å²) in [6, 6.07) is 4.96. The normalized spacial score (nSPS) is 8.77. The van der Waals surface area contributed by atoms with Gasteiger partial charge in [0.2, 0.25) is 0 Å². The van der Waals surface area contributed by atoms with Gasteiger partial charge in [0.15, 0.2) is 0 Å². The van der Waals surface area contributed by atoms with Crippen molar-refractivity contribution in [2.75, 3.05) is 7.11 Å². The number of hydrogen-bond acceptors (Lipinski definition) is 2. The van der Waals surface area contributed by atoms with Crippen molar-refractivity contribution in [2.24, 2.45) is 0 Å². The Kier molecular flexibility index (Phi) is 5.06. The van der Waals surface area contributed by atoms with E-state index >= 15 is 0 Å². The van der Waals surface area contributed by atoms with Crippen molar-refractivity contribution in [3.05, 3.63) is 29.3 Å². The Morgan fingerprint density at radius 1 is 1.46 bits per heavy atom.